The molecule has 0 aliphatic heterocycles. The summed E-state index contributed by atoms with van der Waals surface area (Å²) in [5.41, 5.74) is 5.78. The molecule has 0 unspecified atom stereocenters. The zero-order chi connectivity index (χ0) is 21.3. The maximum absolute atomic E-state index is 12.4. The third kappa shape index (κ3) is 7.82. The normalized spacial score (nSPS) is 13.8. The topological polar surface area (TPSA) is 225 Å². The zero-order valence-corrected chi connectivity index (χ0v) is 14.6. The predicted octanol–water partition coefficient (Wildman–Crippen LogP) is -2.33. The van der Waals surface area contributed by atoms with Crippen molar-refractivity contribution in [3.05, 3.63) is 18.2 Å². The van der Waals surface area contributed by atoms with Gasteiger partial charge in [-0.05, 0) is 6.42 Å². The minimum atomic E-state index is -1.46. The van der Waals surface area contributed by atoms with E-state index in [-0.39, 0.29) is 12.8 Å². The molecule has 28 heavy (non-hydrogen) atoms. The van der Waals surface area contributed by atoms with Crippen molar-refractivity contribution in [1.82, 2.24) is 20.6 Å². The van der Waals surface area contributed by atoms with Crippen LogP contribution in [0, 0.1) is 0 Å². The zero-order valence-electron chi connectivity index (χ0n) is 14.6. The number of H-pyrrole nitrogens is 1. The Morgan fingerprint density at radius 3 is 2.18 bits per heavy atom. The van der Waals surface area contributed by atoms with Gasteiger partial charge >= 0.3 is 17.9 Å². The Balaban J connectivity index is 2.83. The smallest absolute Gasteiger partial charge is 0.326 e. The maximum atomic E-state index is 12.4. The van der Waals surface area contributed by atoms with Crippen LogP contribution in [-0.2, 0) is 30.4 Å². The SMILES string of the molecule is N[C@@H](CC(=O)O)C(=O)N[C@@H](CCC(=O)O)C(=O)N[C@@H](Cc1c[nH]cn1)C(=O)O. The average Bonchev–Trinajstić information content (AvgIpc) is 3.09. The van der Waals surface area contributed by atoms with Gasteiger partial charge in [0, 0.05) is 19.0 Å². The van der Waals surface area contributed by atoms with Crippen LogP contribution in [0.1, 0.15) is 25.0 Å². The van der Waals surface area contributed by atoms with Gasteiger partial charge in [0.15, 0.2) is 0 Å². The van der Waals surface area contributed by atoms with Crippen molar-refractivity contribution in [2.45, 2.75) is 43.8 Å². The van der Waals surface area contributed by atoms with Gasteiger partial charge in [0.05, 0.1) is 24.5 Å². The second-order valence-electron chi connectivity index (χ2n) is 5.86. The summed E-state index contributed by atoms with van der Waals surface area (Å²) in [5, 5.41) is 31.1. The van der Waals surface area contributed by atoms with Crippen LogP contribution in [0.25, 0.3) is 0 Å². The Morgan fingerprint density at radius 2 is 1.68 bits per heavy atom. The van der Waals surface area contributed by atoms with E-state index in [1.54, 1.807) is 0 Å². The Hall–Kier alpha value is -3.48. The molecule has 0 saturated carbocycles. The lowest BCUT2D eigenvalue weighted by Gasteiger charge is -2.22. The van der Waals surface area contributed by atoms with Gasteiger partial charge in [0.2, 0.25) is 11.8 Å². The lowest BCUT2D eigenvalue weighted by Crippen LogP contribution is -2.55. The molecule has 1 rings (SSSR count). The number of nitrogens with zero attached hydrogens (tertiary/aromatic N) is 1. The van der Waals surface area contributed by atoms with Crippen molar-refractivity contribution in [1.29, 1.82) is 0 Å². The number of carbonyl (C=O) groups excluding carboxylic acids is 2. The van der Waals surface area contributed by atoms with Gasteiger partial charge in [-0.2, -0.15) is 0 Å². The van der Waals surface area contributed by atoms with Crippen LogP contribution in [0.2, 0.25) is 0 Å². The predicted molar refractivity (Wildman–Crippen MR) is 90.9 cm³/mol. The van der Waals surface area contributed by atoms with Crippen LogP contribution in [0.3, 0.4) is 0 Å². The molecule has 0 aromatic carbocycles. The molecule has 13 nitrogen and oxygen atoms in total. The standard InChI is InChI=1S/C15H21N5O8/c16-8(4-12(23)24)13(25)19-9(1-2-11(21)22)14(26)20-10(15(27)28)3-7-5-17-6-18-7/h5-6,8-10H,1-4,16H2,(H,17,18)(H,19,25)(H,20,26)(H,21,22)(H,23,24)(H,27,28)/t8-,9-,10-/m0/s1. The van der Waals surface area contributed by atoms with E-state index in [2.05, 4.69) is 20.6 Å². The highest BCUT2D eigenvalue weighted by Crippen LogP contribution is 2.04. The van der Waals surface area contributed by atoms with Gasteiger partial charge in [0.1, 0.15) is 12.1 Å². The van der Waals surface area contributed by atoms with Crippen molar-refractivity contribution in [2.75, 3.05) is 0 Å². The highest BCUT2D eigenvalue weighted by molar-refractivity contribution is 5.93. The van der Waals surface area contributed by atoms with E-state index in [0.29, 0.717) is 5.69 Å². The molecule has 0 fully saturated rings. The van der Waals surface area contributed by atoms with Crippen molar-refractivity contribution >= 4 is 29.7 Å². The van der Waals surface area contributed by atoms with Gasteiger partial charge in [-0.25, -0.2) is 9.78 Å². The number of carbonyl (C=O) groups is 5. The molecule has 0 aliphatic carbocycles. The summed E-state index contributed by atoms with van der Waals surface area (Å²) in [6.07, 6.45) is 1.08. The molecular weight excluding hydrogens is 378 g/mol. The van der Waals surface area contributed by atoms with Crippen LogP contribution in [0.5, 0.6) is 0 Å². The molecule has 1 heterocycles. The molecule has 0 radical (unpaired) electrons. The summed E-state index contributed by atoms with van der Waals surface area (Å²) in [4.78, 5) is 63.7. The van der Waals surface area contributed by atoms with E-state index >= 15 is 0 Å². The second kappa shape index (κ2) is 10.6. The summed E-state index contributed by atoms with van der Waals surface area (Å²) in [7, 11) is 0. The third-order valence-corrected chi connectivity index (χ3v) is 3.59. The minimum Gasteiger partial charge on any atom is -0.481 e. The van der Waals surface area contributed by atoms with E-state index in [1.807, 2.05) is 0 Å². The van der Waals surface area contributed by atoms with Crippen LogP contribution in [0.4, 0.5) is 0 Å². The summed E-state index contributed by atoms with van der Waals surface area (Å²) < 4.78 is 0. The van der Waals surface area contributed by atoms with Crippen molar-refractivity contribution in [3.8, 4) is 0 Å². The number of nitrogens with two attached hydrogens (primary N) is 1. The van der Waals surface area contributed by atoms with Gasteiger partial charge in [-0.3, -0.25) is 19.2 Å². The van der Waals surface area contributed by atoms with Crippen LogP contribution >= 0.6 is 0 Å². The number of hydrogen-bond acceptors (Lipinski definition) is 7. The van der Waals surface area contributed by atoms with E-state index in [4.69, 9.17) is 15.9 Å². The van der Waals surface area contributed by atoms with E-state index in [9.17, 15) is 29.1 Å². The number of aromatic amines is 1. The first kappa shape index (κ1) is 22.6. The second-order valence-corrected chi connectivity index (χ2v) is 5.86. The van der Waals surface area contributed by atoms with Crippen molar-refractivity contribution in [2.24, 2.45) is 5.73 Å². The number of amides is 2. The maximum Gasteiger partial charge on any atom is 0.326 e. The molecular formula is C15H21N5O8. The summed E-state index contributed by atoms with van der Waals surface area (Å²) in [5.74, 6) is -5.86. The van der Waals surface area contributed by atoms with Crippen LogP contribution in [0.15, 0.2) is 12.5 Å². The Bertz CT molecular complexity index is 720. The fourth-order valence-electron chi connectivity index (χ4n) is 2.18. The number of imidazole rings is 1. The number of carboxylic acids is 3. The van der Waals surface area contributed by atoms with Gasteiger partial charge in [0.25, 0.3) is 0 Å². The summed E-state index contributed by atoms with van der Waals surface area (Å²) in [6, 6.07) is -4.26. The number of aliphatic carboxylic acids is 3. The molecule has 2 amide bonds. The van der Waals surface area contributed by atoms with E-state index < -0.39 is 60.7 Å². The molecule has 8 N–H and O–H groups in total. The van der Waals surface area contributed by atoms with E-state index in [1.165, 1.54) is 12.5 Å². The van der Waals surface area contributed by atoms with Crippen molar-refractivity contribution in [3.63, 3.8) is 0 Å². The lowest BCUT2D eigenvalue weighted by atomic mass is 10.1. The van der Waals surface area contributed by atoms with Gasteiger partial charge in [-0.15, -0.1) is 0 Å². The molecule has 3 atom stereocenters. The Morgan fingerprint density at radius 1 is 1.04 bits per heavy atom. The molecule has 0 spiro atoms. The fraction of sp³-hybridized carbons (Fsp3) is 0.467. The number of carboxylic acid groups (broad SMARTS) is 3. The molecule has 1 aromatic heterocycles. The number of aromatic nitrogens is 2. The van der Waals surface area contributed by atoms with Crippen molar-refractivity contribution < 1.29 is 39.3 Å². The van der Waals surface area contributed by atoms with Gasteiger partial charge in [-0.1, -0.05) is 0 Å². The molecule has 0 bridgehead atoms. The number of nitrogens with one attached hydrogen (secondary N) is 3. The minimum absolute atomic E-state index is 0.150. The monoisotopic (exact) mass is 399 g/mol. The molecule has 0 aliphatic rings. The largest absolute Gasteiger partial charge is 0.481 e. The lowest BCUT2D eigenvalue weighted by molar-refractivity contribution is -0.143. The Labute approximate surface area is 158 Å². The first-order valence-corrected chi connectivity index (χ1v) is 8.10. The van der Waals surface area contributed by atoms with Gasteiger partial charge < -0.3 is 36.7 Å². The summed E-state index contributed by atoms with van der Waals surface area (Å²) >= 11 is 0. The van der Waals surface area contributed by atoms with E-state index in [0.717, 1.165) is 0 Å². The van der Waals surface area contributed by atoms with Crippen LogP contribution < -0.4 is 16.4 Å². The highest BCUT2D eigenvalue weighted by Gasteiger charge is 2.29. The average molecular weight is 399 g/mol. The number of rotatable bonds is 12. The third-order valence-electron chi connectivity index (χ3n) is 3.59. The fourth-order valence-corrected chi connectivity index (χ4v) is 2.18. The molecule has 0 saturated heterocycles. The first-order chi connectivity index (χ1) is 13.1. The Kier molecular flexibility index (Phi) is 8.55. The first-order valence-electron chi connectivity index (χ1n) is 8.10. The molecule has 154 valence electrons. The molecule has 13 heteroatoms. The summed E-state index contributed by atoms with van der Waals surface area (Å²) in [6.45, 7) is 0. The highest BCUT2D eigenvalue weighted by atomic mass is 16.4. The molecule has 1 aromatic rings. The van der Waals surface area contributed by atoms with Crippen LogP contribution in [-0.4, -0.2) is 73.1 Å². The number of hydrogen-bond donors (Lipinski definition) is 7. The quantitative estimate of drug-likeness (QED) is 0.198.